The number of amides is 2. The van der Waals surface area contributed by atoms with E-state index >= 15 is 0 Å². The molecule has 2 aliphatic rings. The van der Waals surface area contributed by atoms with E-state index in [2.05, 4.69) is 0 Å². The fourth-order valence-corrected chi connectivity index (χ4v) is 5.92. The smallest absolute Gasteiger partial charge is 0.416 e. The Kier molecular flexibility index (Phi) is 9.29. The Bertz CT molecular complexity index is 1480. The van der Waals surface area contributed by atoms with Crippen LogP contribution < -0.4 is 4.90 Å². The molecule has 0 unspecified atom stereocenters. The van der Waals surface area contributed by atoms with Gasteiger partial charge in [0.25, 0.3) is 0 Å². The average molecular weight is 632 g/mol. The van der Waals surface area contributed by atoms with Crippen molar-refractivity contribution in [2.45, 2.75) is 44.6 Å². The van der Waals surface area contributed by atoms with Crippen LogP contribution in [0.4, 0.5) is 36.4 Å². The summed E-state index contributed by atoms with van der Waals surface area (Å²) in [5, 5.41) is 40.8. The Labute approximate surface area is 246 Å². The van der Waals surface area contributed by atoms with E-state index in [0.717, 1.165) is 6.07 Å². The number of carbonyl (C=O) groups excluding carboxylic acids is 2. The van der Waals surface area contributed by atoms with Gasteiger partial charge in [-0.3, -0.25) is 9.59 Å². The third-order valence-corrected chi connectivity index (χ3v) is 7.96. The number of hydrogen-bond donors (Lipinski definition) is 4. The van der Waals surface area contributed by atoms with Crippen molar-refractivity contribution in [2.75, 3.05) is 18.1 Å². The molecule has 1 aliphatic heterocycles. The van der Waals surface area contributed by atoms with E-state index in [1.54, 1.807) is 13.0 Å². The third kappa shape index (κ3) is 6.52. The zero-order chi connectivity index (χ0) is 32.7. The van der Waals surface area contributed by atoms with Gasteiger partial charge in [0.2, 0.25) is 11.8 Å². The number of nitrogens with zero attached hydrogens (tertiary/aromatic N) is 1. The van der Waals surface area contributed by atoms with Crippen LogP contribution in [0.5, 0.6) is 5.75 Å². The van der Waals surface area contributed by atoms with E-state index in [0.29, 0.717) is 11.1 Å². The van der Waals surface area contributed by atoms with Crippen LogP contribution in [0.15, 0.2) is 53.1 Å². The average Bonchev–Trinajstić information content (AvgIpc) is 3.20. The van der Waals surface area contributed by atoms with Crippen molar-refractivity contribution in [1.29, 1.82) is 0 Å². The molecule has 0 aromatic heterocycles. The van der Waals surface area contributed by atoms with Crippen LogP contribution in [0, 0.1) is 23.6 Å². The minimum absolute atomic E-state index is 0.00988. The number of fused-ring (bicyclic) bond motifs is 1. The summed E-state index contributed by atoms with van der Waals surface area (Å²) in [6.45, 7) is 0.166. The van der Waals surface area contributed by atoms with Gasteiger partial charge >= 0.3 is 12.4 Å². The lowest BCUT2D eigenvalue weighted by Gasteiger charge is -2.36. The van der Waals surface area contributed by atoms with Crippen molar-refractivity contribution >= 4 is 23.6 Å². The van der Waals surface area contributed by atoms with Crippen molar-refractivity contribution in [2.24, 2.45) is 17.8 Å². The van der Waals surface area contributed by atoms with Gasteiger partial charge in [-0.25, -0.2) is 9.29 Å². The van der Waals surface area contributed by atoms with Crippen LogP contribution in [-0.4, -0.2) is 51.6 Å². The molecule has 7 nitrogen and oxygen atoms in total. The number of aromatic hydroxyl groups is 1. The van der Waals surface area contributed by atoms with E-state index in [1.807, 2.05) is 0 Å². The maximum Gasteiger partial charge on any atom is 0.416 e. The highest BCUT2D eigenvalue weighted by Gasteiger charge is 2.55. The highest BCUT2D eigenvalue weighted by Crippen LogP contribution is 2.48. The van der Waals surface area contributed by atoms with Gasteiger partial charge < -0.3 is 20.4 Å². The van der Waals surface area contributed by atoms with Crippen molar-refractivity contribution in [1.82, 2.24) is 0 Å². The van der Waals surface area contributed by atoms with Crippen LogP contribution in [0.1, 0.15) is 42.9 Å². The topological polar surface area (TPSA) is 118 Å². The van der Waals surface area contributed by atoms with Crippen molar-refractivity contribution < 1.29 is 60.7 Å². The first kappa shape index (κ1) is 33.1. The van der Waals surface area contributed by atoms with Crippen LogP contribution in [0.25, 0.3) is 6.08 Å². The van der Waals surface area contributed by atoms with Crippen LogP contribution in [0.2, 0.25) is 0 Å². The van der Waals surface area contributed by atoms with Crippen molar-refractivity contribution in [3.05, 3.63) is 75.6 Å². The number of allylic oxidation sites excluding steroid dienone is 1. The summed E-state index contributed by atoms with van der Waals surface area (Å²) < 4.78 is 94.5. The molecule has 0 bridgehead atoms. The Morgan fingerprint density at radius 3 is 2.14 bits per heavy atom. The van der Waals surface area contributed by atoms with Crippen LogP contribution in [0.3, 0.4) is 0 Å². The van der Waals surface area contributed by atoms with Gasteiger partial charge in [0.15, 0.2) is 11.6 Å². The predicted molar refractivity (Wildman–Crippen MR) is 142 cm³/mol. The molecule has 2 aromatic carbocycles. The molecule has 1 aliphatic carbocycles. The number of anilines is 1. The highest BCUT2D eigenvalue weighted by molar-refractivity contribution is 6.22. The van der Waals surface area contributed by atoms with Crippen molar-refractivity contribution in [3.8, 4) is 5.75 Å². The second kappa shape index (κ2) is 12.3. The normalized spacial score (nSPS) is 22.1. The van der Waals surface area contributed by atoms with Gasteiger partial charge in [0.05, 0.1) is 48.0 Å². The Morgan fingerprint density at radius 2 is 1.61 bits per heavy atom. The van der Waals surface area contributed by atoms with E-state index in [9.17, 15) is 60.7 Å². The largest absolute Gasteiger partial charge is 0.505 e. The number of benzene rings is 2. The number of imide groups is 1. The molecule has 1 fully saturated rings. The summed E-state index contributed by atoms with van der Waals surface area (Å²) in [6, 6.07) is 4.12. The van der Waals surface area contributed by atoms with Crippen LogP contribution in [-0.2, 0) is 21.9 Å². The molecule has 1 saturated heterocycles. The first-order valence-electron chi connectivity index (χ1n) is 13.4. The van der Waals surface area contributed by atoms with Gasteiger partial charge in [0, 0.05) is 5.92 Å². The summed E-state index contributed by atoms with van der Waals surface area (Å²) in [7, 11) is 0. The molecule has 44 heavy (non-hydrogen) atoms. The molecule has 4 atom stereocenters. The van der Waals surface area contributed by atoms with Crippen molar-refractivity contribution in [3.63, 3.8) is 0 Å². The standard InChI is InChI=1S/C30H28F7NO6/c1-14(6-15-3-5-23(41)22(31)7-15)2-4-24(42)25-16(12-39)8-20-26(21(25)13-40)28(44)38(27(20)43)19-10-17(29(32,33)34)9-18(11-19)30(35,36)37/h3,5-7,9-11,20-21,24,26,39-42H,2,4,8,12-13H2,1H3/b14-6+/t20-,21+,24-,26-/m1/s1. The summed E-state index contributed by atoms with van der Waals surface area (Å²) in [5.74, 6) is -7.60. The molecule has 0 saturated carbocycles. The Balaban J connectivity index is 1.64. The van der Waals surface area contributed by atoms with Gasteiger partial charge in [-0.05, 0) is 73.2 Å². The lowest BCUT2D eigenvalue weighted by Crippen LogP contribution is -2.39. The molecule has 1 heterocycles. The summed E-state index contributed by atoms with van der Waals surface area (Å²) >= 11 is 0. The quantitative estimate of drug-likeness (QED) is 0.180. The minimum atomic E-state index is -5.23. The van der Waals surface area contributed by atoms with E-state index in [4.69, 9.17) is 0 Å². The zero-order valence-electron chi connectivity index (χ0n) is 23.1. The Hall–Kier alpha value is -3.75. The number of carbonyl (C=O) groups is 2. The molecule has 2 aromatic rings. The molecule has 14 heteroatoms. The van der Waals surface area contributed by atoms with Gasteiger partial charge in [-0.2, -0.15) is 26.3 Å². The number of aliphatic hydroxyl groups is 3. The zero-order valence-corrected chi connectivity index (χ0v) is 23.1. The fourth-order valence-electron chi connectivity index (χ4n) is 5.92. The van der Waals surface area contributed by atoms with Gasteiger partial charge in [0.1, 0.15) is 0 Å². The second-order valence-electron chi connectivity index (χ2n) is 10.9. The predicted octanol–water partition coefficient (Wildman–Crippen LogP) is 5.22. The van der Waals surface area contributed by atoms with E-state index in [1.165, 1.54) is 12.1 Å². The summed E-state index contributed by atoms with van der Waals surface area (Å²) in [6.07, 6.45) is -10.3. The number of alkyl halides is 6. The Morgan fingerprint density at radius 1 is 1.00 bits per heavy atom. The molecule has 0 spiro atoms. The second-order valence-corrected chi connectivity index (χ2v) is 10.9. The molecule has 238 valence electrons. The van der Waals surface area contributed by atoms with E-state index < -0.39 is 89.6 Å². The maximum atomic E-state index is 13.7. The van der Waals surface area contributed by atoms with Gasteiger partial charge in [-0.1, -0.05) is 17.7 Å². The van der Waals surface area contributed by atoms with E-state index in [-0.39, 0.29) is 53.5 Å². The monoisotopic (exact) mass is 631 g/mol. The summed E-state index contributed by atoms with van der Waals surface area (Å²) in [4.78, 5) is 27.1. The number of phenolic OH excluding ortho intramolecular Hbond substituents is 1. The molecular formula is C30H28F7NO6. The number of rotatable bonds is 8. The summed E-state index contributed by atoms with van der Waals surface area (Å²) in [5.41, 5.74) is -3.12. The molecule has 4 N–H and O–H groups in total. The molecule has 0 radical (unpaired) electrons. The maximum absolute atomic E-state index is 13.7. The number of halogens is 7. The number of hydrogen-bond acceptors (Lipinski definition) is 6. The lowest BCUT2D eigenvalue weighted by molar-refractivity contribution is -0.143. The lowest BCUT2D eigenvalue weighted by atomic mass is 9.68. The number of aliphatic hydroxyl groups excluding tert-OH is 3. The molecular weight excluding hydrogens is 603 g/mol. The van der Waals surface area contributed by atoms with Gasteiger partial charge in [-0.15, -0.1) is 0 Å². The minimum Gasteiger partial charge on any atom is -0.505 e. The molecule has 2 amide bonds. The first-order valence-corrected chi connectivity index (χ1v) is 13.4. The molecule has 4 rings (SSSR count). The highest BCUT2D eigenvalue weighted by atomic mass is 19.4. The number of phenols is 1. The SMILES string of the molecule is C/C(=C\c1ccc(O)c(F)c1)CC[C@@H](O)C1=C(CO)C[C@H]2C(=O)N(c3cc(C(F)(F)F)cc(C(F)(F)F)c3)C(=O)[C@H]2[C@H]1CO. The van der Waals surface area contributed by atoms with Crippen LogP contribution >= 0.6 is 0 Å². The third-order valence-electron chi connectivity index (χ3n) is 7.96. The fraction of sp³-hybridized carbons (Fsp3) is 0.400. The first-order chi connectivity index (χ1) is 20.5.